The van der Waals surface area contributed by atoms with E-state index in [-0.39, 0.29) is 11.0 Å². The fourth-order valence-electron chi connectivity index (χ4n) is 1.78. The van der Waals surface area contributed by atoms with Crippen molar-refractivity contribution in [1.29, 1.82) is 0 Å². The first-order chi connectivity index (χ1) is 10.0. The van der Waals surface area contributed by atoms with E-state index < -0.39 is 18.8 Å². The van der Waals surface area contributed by atoms with E-state index in [0.717, 1.165) is 12.1 Å². The molecule has 2 aromatic rings. The Hall–Kier alpha value is -2.38. The third-order valence-corrected chi connectivity index (χ3v) is 2.87. The van der Waals surface area contributed by atoms with Gasteiger partial charge in [0.2, 0.25) is 0 Å². The number of hydrogen-bond donors (Lipinski definition) is 3. The molecule has 0 spiro atoms. The van der Waals surface area contributed by atoms with Gasteiger partial charge in [0.1, 0.15) is 11.6 Å². The summed E-state index contributed by atoms with van der Waals surface area (Å²) >= 11 is 0. The Morgan fingerprint density at radius 2 is 2.00 bits per heavy atom. The average molecular weight is 289 g/mol. The Morgan fingerprint density at radius 3 is 2.62 bits per heavy atom. The second kappa shape index (κ2) is 6.38. The van der Waals surface area contributed by atoms with Crippen LogP contribution in [0.5, 0.6) is 5.75 Å². The standard InChI is InChI=1S/C14H13BFNO4/c1-21-11-4-2-3-10(8-11)17-14(18)9-5-6-12(15(19)20)13(16)7-9/h2-8,19-20H,1H3,(H,17,18). The maximum atomic E-state index is 13.6. The van der Waals surface area contributed by atoms with Gasteiger partial charge in [0, 0.05) is 22.8 Å². The summed E-state index contributed by atoms with van der Waals surface area (Å²) in [6.45, 7) is 0. The van der Waals surface area contributed by atoms with Gasteiger partial charge < -0.3 is 20.1 Å². The van der Waals surface area contributed by atoms with Crippen molar-refractivity contribution in [3.8, 4) is 5.75 Å². The van der Waals surface area contributed by atoms with E-state index in [4.69, 9.17) is 14.8 Å². The van der Waals surface area contributed by atoms with Gasteiger partial charge in [0.25, 0.3) is 5.91 Å². The Morgan fingerprint density at radius 1 is 1.24 bits per heavy atom. The van der Waals surface area contributed by atoms with E-state index in [1.165, 1.54) is 13.2 Å². The number of benzene rings is 2. The zero-order valence-electron chi connectivity index (χ0n) is 11.2. The molecule has 0 saturated heterocycles. The third-order valence-electron chi connectivity index (χ3n) is 2.87. The number of nitrogens with one attached hydrogen (secondary N) is 1. The van der Waals surface area contributed by atoms with Crippen LogP contribution in [0.3, 0.4) is 0 Å². The SMILES string of the molecule is COc1cccc(NC(=O)c2ccc(B(O)O)c(F)c2)c1. The van der Waals surface area contributed by atoms with Gasteiger partial charge >= 0.3 is 7.12 Å². The summed E-state index contributed by atoms with van der Waals surface area (Å²) in [5.74, 6) is -0.790. The topological polar surface area (TPSA) is 78.8 Å². The molecule has 21 heavy (non-hydrogen) atoms. The Balaban J connectivity index is 2.18. The largest absolute Gasteiger partial charge is 0.497 e. The van der Waals surface area contributed by atoms with E-state index in [0.29, 0.717) is 11.4 Å². The van der Waals surface area contributed by atoms with E-state index in [1.54, 1.807) is 24.3 Å². The zero-order valence-corrected chi connectivity index (χ0v) is 11.2. The summed E-state index contributed by atoms with van der Waals surface area (Å²) in [4.78, 5) is 12.0. The highest BCUT2D eigenvalue weighted by atomic mass is 19.1. The van der Waals surface area contributed by atoms with E-state index >= 15 is 0 Å². The second-order valence-electron chi connectivity index (χ2n) is 4.30. The predicted octanol–water partition coefficient (Wildman–Crippen LogP) is 0.766. The van der Waals surface area contributed by atoms with Crippen LogP contribution in [-0.4, -0.2) is 30.2 Å². The molecule has 0 bridgehead atoms. The number of carbonyl (C=O) groups is 1. The van der Waals surface area contributed by atoms with Crippen molar-refractivity contribution in [2.75, 3.05) is 12.4 Å². The summed E-state index contributed by atoms with van der Waals surface area (Å²) in [6, 6.07) is 10.1. The van der Waals surface area contributed by atoms with Crippen LogP contribution in [0.25, 0.3) is 0 Å². The number of anilines is 1. The lowest BCUT2D eigenvalue weighted by Gasteiger charge is -2.08. The second-order valence-corrected chi connectivity index (χ2v) is 4.30. The molecule has 0 fully saturated rings. The first kappa shape index (κ1) is 15.0. The highest BCUT2D eigenvalue weighted by Crippen LogP contribution is 2.17. The van der Waals surface area contributed by atoms with Crippen molar-refractivity contribution in [1.82, 2.24) is 0 Å². The van der Waals surface area contributed by atoms with Crippen LogP contribution in [-0.2, 0) is 0 Å². The Kier molecular flexibility index (Phi) is 4.57. The van der Waals surface area contributed by atoms with Crippen LogP contribution in [0.1, 0.15) is 10.4 Å². The number of rotatable bonds is 4. The van der Waals surface area contributed by atoms with Crippen molar-refractivity contribution in [2.45, 2.75) is 0 Å². The minimum Gasteiger partial charge on any atom is -0.497 e. The molecule has 0 saturated carbocycles. The molecule has 3 N–H and O–H groups in total. The molecule has 1 amide bonds. The maximum Gasteiger partial charge on any atom is 0.491 e. The van der Waals surface area contributed by atoms with Gasteiger partial charge in [-0.2, -0.15) is 0 Å². The molecule has 2 aromatic carbocycles. The van der Waals surface area contributed by atoms with Crippen LogP contribution < -0.4 is 15.5 Å². The van der Waals surface area contributed by atoms with E-state index in [2.05, 4.69) is 5.32 Å². The molecule has 0 radical (unpaired) electrons. The summed E-state index contributed by atoms with van der Waals surface area (Å²) in [7, 11) is -0.407. The van der Waals surface area contributed by atoms with Crippen molar-refractivity contribution in [3.63, 3.8) is 0 Å². The lowest BCUT2D eigenvalue weighted by molar-refractivity contribution is 0.102. The quantitative estimate of drug-likeness (QED) is 0.726. The number of ether oxygens (including phenoxy) is 1. The van der Waals surface area contributed by atoms with Gasteiger partial charge in [0.15, 0.2) is 0 Å². The van der Waals surface area contributed by atoms with E-state index in [9.17, 15) is 9.18 Å². The molecule has 0 atom stereocenters. The average Bonchev–Trinajstić information content (AvgIpc) is 2.46. The summed E-state index contributed by atoms with van der Waals surface area (Å²) in [5, 5.41) is 20.5. The lowest BCUT2D eigenvalue weighted by Crippen LogP contribution is -2.33. The zero-order chi connectivity index (χ0) is 15.4. The number of methoxy groups -OCH3 is 1. The predicted molar refractivity (Wildman–Crippen MR) is 77.2 cm³/mol. The molecule has 0 aliphatic carbocycles. The molecule has 2 rings (SSSR count). The molecule has 7 heteroatoms. The summed E-state index contributed by atoms with van der Waals surface area (Å²) in [6.07, 6.45) is 0. The number of carbonyl (C=O) groups excluding carboxylic acids is 1. The number of halogens is 1. The van der Waals surface area contributed by atoms with Gasteiger partial charge in [-0.1, -0.05) is 12.1 Å². The molecule has 0 heterocycles. The minimum absolute atomic E-state index is 0.0692. The monoisotopic (exact) mass is 289 g/mol. The lowest BCUT2D eigenvalue weighted by atomic mass is 9.79. The minimum atomic E-state index is -1.92. The van der Waals surface area contributed by atoms with Gasteiger partial charge in [-0.15, -0.1) is 0 Å². The highest BCUT2D eigenvalue weighted by Gasteiger charge is 2.18. The van der Waals surface area contributed by atoms with Crippen molar-refractivity contribution in [2.24, 2.45) is 0 Å². The molecule has 0 aromatic heterocycles. The van der Waals surface area contributed by atoms with Crippen LogP contribution in [0, 0.1) is 5.82 Å². The molecular formula is C14H13BFNO4. The summed E-state index contributed by atoms with van der Waals surface area (Å²) < 4.78 is 18.6. The molecule has 5 nitrogen and oxygen atoms in total. The molecule has 0 unspecified atom stereocenters. The van der Waals surface area contributed by atoms with Gasteiger partial charge in [-0.25, -0.2) is 4.39 Å². The maximum absolute atomic E-state index is 13.6. The Labute approximate surface area is 121 Å². The van der Waals surface area contributed by atoms with Crippen molar-refractivity contribution >= 4 is 24.2 Å². The first-order valence-corrected chi connectivity index (χ1v) is 6.12. The van der Waals surface area contributed by atoms with Crippen LogP contribution in [0.4, 0.5) is 10.1 Å². The fourth-order valence-corrected chi connectivity index (χ4v) is 1.78. The molecule has 0 aliphatic heterocycles. The third kappa shape index (κ3) is 3.59. The highest BCUT2D eigenvalue weighted by molar-refractivity contribution is 6.58. The van der Waals surface area contributed by atoms with Crippen molar-refractivity contribution < 1.29 is 24.0 Å². The van der Waals surface area contributed by atoms with E-state index in [1.807, 2.05) is 0 Å². The van der Waals surface area contributed by atoms with Crippen LogP contribution in [0.2, 0.25) is 0 Å². The summed E-state index contributed by atoms with van der Waals surface area (Å²) in [5.41, 5.74) is 0.290. The molecular weight excluding hydrogens is 276 g/mol. The smallest absolute Gasteiger partial charge is 0.491 e. The molecule has 0 aliphatic rings. The fraction of sp³-hybridized carbons (Fsp3) is 0.0714. The first-order valence-electron chi connectivity index (χ1n) is 6.12. The normalized spacial score (nSPS) is 10.1. The van der Waals surface area contributed by atoms with Crippen molar-refractivity contribution in [3.05, 3.63) is 53.8 Å². The number of amides is 1. The van der Waals surface area contributed by atoms with Crippen LogP contribution >= 0.6 is 0 Å². The van der Waals surface area contributed by atoms with Gasteiger partial charge in [0.05, 0.1) is 7.11 Å². The van der Waals surface area contributed by atoms with Gasteiger partial charge in [-0.3, -0.25) is 4.79 Å². The van der Waals surface area contributed by atoms with Gasteiger partial charge in [-0.05, 0) is 24.3 Å². The molecule has 108 valence electrons. The Bertz CT molecular complexity index is 663. The number of hydrogen-bond acceptors (Lipinski definition) is 4. The van der Waals surface area contributed by atoms with Crippen LogP contribution in [0.15, 0.2) is 42.5 Å².